The molecule has 0 spiro atoms. The molecule has 2 aliphatic rings. The summed E-state index contributed by atoms with van der Waals surface area (Å²) in [6.07, 6.45) is 5.22. The molecule has 1 aromatic carbocycles. The normalized spacial score (nSPS) is 25.2. The standard InChI is InChI=1S/C21H31NO2SSi/c1-5-26(6-2,7-3)16-18-15-22(21-10-8-9-20(18)21)25(23,24)19-13-11-17(4)12-14-19/h8-9,11-14,16,20-21H,5-7,10,15H2,1-4H3/b18-16+/t20-,21-/m1/s1. The summed E-state index contributed by atoms with van der Waals surface area (Å²) in [7, 11) is -4.89. The van der Waals surface area contributed by atoms with Crippen LogP contribution in [0.25, 0.3) is 0 Å². The Morgan fingerprint density at radius 2 is 1.73 bits per heavy atom. The molecule has 0 aromatic heterocycles. The molecule has 3 nitrogen and oxygen atoms in total. The lowest BCUT2D eigenvalue weighted by Gasteiger charge is -2.25. The Morgan fingerprint density at radius 1 is 1.12 bits per heavy atom. The van der Waals surface area contributed by atoms with E-state index in [1.54, 1.807) is 16.4 Å². The van der Waals surface area contributed by atoms with Gasteiger partial charge in [-0.25, -0.2) is 8.42 Å². The van der Waals surface area contributed by atoms with E-state index in [-0.39, 0.29) is 12.0 Å². The van der Waals surface area contributed by atoms with Gasteiger partial charge in [0, 0.05) is 18.5 Å². The Labute approximate surface area is 159 Å². The molecule has 1 fully saturated rings. The van der Waals surface area contributed by atoms with Crippen molar-refractivity contribution in [3.63, 3.8) is 0 Å². The largest absolute Gasteiger partial charge is 0.243 e. The van der Waals surface area contributed by atoms with E-state index < -0.39 is 18.1 Å². The van der Waals surface area contributed by atoms with E-state index in [1.807, 2.05) is 19.1 Å². The Kier molecular flexibility index (Phi) is 5.61. The zero-order valence-corrected chi connectivity index (χ0v) is 18.2. The molecule has 142 valence electrons. The SMILES string of the molecule is CC[Si](/C=C1\CN(S(=O)(=O)c2ccc(C)cc2)[C@@H]2CC=C[C@H]12)(CC)CC. The second-order valence-corrected chi connectivity index (χ2v) is 14.8. The molecule has 1 aliphatic heterocycles. The molecule has 1 heterocycles. The lowest BCUT2D eigenvalue weighted by atomic mass is 10.0. The molecule has 0 saturated carbocycles. The van der Waals surface area contributed by atoms with Gasteiger partial charge in [-0.15, -0.1) is 0 Å². The van der Waals surface area contributed by atoms with Crippen LogP contribution in [0, 0.1) is 12.8 Å². The fourth-order valence-electron chi connectivity index (χ4n) is 4.41. The highest BCUT2D eigenvalue weighted by Crippen LogP contribution is 2.41. The van der Waals surface area contributed by atoms with Crippen molar-refractivity contribution in [2.45, 2.75) is 63.2 Å². The lowest BCUT2D eigenvalue weighted by Crippen LogP contribution is -2.36. The van der Waals surface area contributed by atoms with Crippen LogP contribution in [0.2, 0.25) is 18.1 Å². The second kappa shape index (κ2) is 7.45. The van der Waals surface area contributed by atoms with Crippen molar-refractivity contribution in [1.29, 1.82) is 0 Å². The average Bonchev–Trinajstić information content (AvgIpc) is 3.24. The summed E-state index contributed by atoms with van der Waals surface area (Å²) in [4.78, 5) is 0.417. The van der Waals surface area contributed by atoms with Crippen LogP contribution in [-0.2, 0) is 10.0 Å². The summed E-state index contributed by atoms with van der Waals surface area (Å²) in [6.45, 7) is 9.44. The van der Waals surface area contributed by atoms with Gasteiger partial charge in [-0.2, -0.15) is 4.31 Å². The maximum absolute atomic E-state index is 13.3. The zero-order chi connectivity index (χ0) is 18.9. The summed E-state index contributed by atoms with van der Waals surface area (Å²) in [6, 6.07) is 11.0. The van der Waals surface area contributed by atoms with Crippen molar-refractivity contribution in [3.8, 4) is 0 Å². The highest BCUT2D eigenvalue weighted by molar-refractivity contribution is 7.89. The third kappa shape index (κ3) is 3.37. The fourth-order valence-corrected chi connectivity index (χ4v) is 9.24. The quantitative estimate of drug-likeness (QED) is 0.511. The van der Waals surface area contributed by atoms with Crippen LogP contribution in [0.3, 0.4) is 0 Å². The predicted octanol–water partition coefficient (Wildman–Crippen LogP) is 4.92. The maximum atomic E-state index is 13.3. The lowest BCUT2D eigenvalue weighted by molar-refractivity contribution is 0.376. The zero-order valence-electron chi connectivity index (χ0n) is 16.4. The molecule has 0 N–H and O–H groups in total. The first kappa shape index (κ1) is 19.6. The van der Waals surface area contributed by atoms with Crippen molar-refractivity contribution >= 4 is 18.1 Å². The van der Waals surface area contributed by atoms with Crippen LogP contribution in [0.5, 0.6) is 0 Å². The molecule has 3 rings (SSSR count). The first-order valence-electron chi connectivity index (χ1n) is 9.83. The monoisotopic (exact) mass is 389 g/mol. The van der Waals surface area contributed by atoms with Crippen LogP contribution in [0.1, 0.15) is 32.8 Å². The van der Waals surface area contributed by atoms with E-state index in [1.165, 1.54) is 23.7 Å². The van der Waals surface area contributed by atoms with Gasteiger partial charge in [0.05, 0.1) is 13.0 Å². The van der Waals surface area contributed by atoms with E-state index >= 15 is 0 Å². The van der Waals surface area contributed by atoms with E-state index in [2.05, 4.69) is 38.6 Å². The van der Waals surface area contributed by atoms with Gasteiger partial charge in [0.25, 0.3) is 0 Å². The number of nitrogens with zero attached hydrogens (tertiary/aromatic N) is 1. The Balaban J connectivity index is 1.97. The number of sulfonamides is 1. The molecule has 2 atom stereocenters. The number of aryl methyl sites for hydroxylation is 1. The Bertz CT molecular complexity index is 799. The summed E-state index contributed by atoms with van der Waals surface area (Å²) < 4.78 is 28.3. The minimum atomic E-state index is -3.45. The van der Waals surface area contributed by atoms with Crippen molar-refractivity contribution in [1.82, 2.24) is 4.31 Å². The van der Waals surface area contributed by atoms with Gasteiger partial charge in [-0.3, -0.25) is 0 Å². The molecule has 1 aromatic rings. The van der Waals surface area contributed by atoms with Crippen molar-refractivity contribution in [2.24, 2.45) is 5.92 Å². The van der Waals surface area contributed by atoms with Crippen LogP contribution in [0.15, 0.2) is 52.6 Å². The van der Waals surface area contributed by atoms with E-state index in [0.717, 1.165) is 12.0 Å². The van der Waals surface area contributed by atoms with Crippen molar-refractivity contribution in [2.75, 3.05) is 6.54 Å². The maximum Gasteiger partial charge on any atom is 0.243 e. The molecule has 0 bridgehead atoms. The van der Waals surface area contributed by atoms with Crippen LogP contribution in [0.4, 0.5) is 0 Å². The molecule has 5 heteroatoms. The predicted molar refractivity (Wildman–Crippen MR) is 111 cm³/mol. The molecular formula is C21H31NO2SSi. The summed E-state index contributed by atoms with van der Waals surface area (Å²) in [5.74, 6) is 0.270. The fraction of sp³-hybridized carbons (Fsp3) is 0.524. The van der Waals surface area contributed by atoms with E-state index in [9.17, 15) is 8.42 Å². The van der Waals surface area contributed by atoms with E-state index in [0.29, 0.717) is 11.4 Å². The Morgan fingerprint density at radius 3 is 2.31 bits per heavy atom. The van der Waals surface area contributed by atoms with Gasteiger partial charge in [0.1, 0.15) is 0 Å². The van der Waals surface area contributed by atoms with Gasteiger partial charge in [0.15, 0.2) is 0 Å². The van der Waals surface area contributed by atoms with Gasteiger partial charge in [-0.05, 0) is 25.5 Å². The Hall–Kier alpha value is -1.17. The van der Waals surface area contributed by atoms with Crippen LogP contribution in [-0.4, -0.2) is 33.4 Å². The third-order valence-corrected chi connectivity index (χ3v) is 13.6. The highest BCUT2D eigenvalue weighted by Gasteiger charge is 2.45. The van der Waals surface area contributed by atoms with Crippen molar-refractivity contribution < 1.29 is 8.42 Å². The topological polar surface area (TPSA) is 37.4 Å². The summed E-state index contributed by atoms with van der Waals surface area (Å²) in [5, 5.41) is 0. The third-order valence-electron chi connectivity index (χ3n) is 6.50. The first-order chi connectivity index (χ1) is 12.4. The minimum absolute atomic E-state index is 0.0600. The van der Waals surface area contributed by atoms with Crippen LogP contribution < -0.4 is 0 Å². The smallest absolute Gasteiger partial charge is 0.207 e. The number of benzene rings is 1. The number of fused-ring (bicyclic) bond motifs is 1. The first-order valence-corrected chi connectivity index (χ1v) is 14.0. The molecule has 0 unspecified atom stereocenters. The van der Waals surface area contributed by atoms with Crippen LogP contribution >= 0.6 is 0 Å². The minimum Gasteiger partial charge on any atom is -0.207 e. The van der Waals surface area contributed by atoms with E-state index in [4.69, 9.17) is 0 Å². The summed E-state index contributed by atoms with van der Waals surface area (Å²) in [5.41, 5.74) is 4.97. The van der Waals surface area contributed by atoms with Gasteiger partial charge < -0.3 is 0 Å². The van der Waals surface area contributed by atoms with Gasteiger partial charge in [-0.1, -0.05) is 80.0 Å². The molecule has 1 saturated heterocycles. The molecule has 26 heavy (non-hydrogen) atoms. The molecule has 0 amide bonds. The molecule has 0 radical (unpaired) electrons. The van der Waals surface area contributed by atoms with Crippen molar-refractivity contribution in [3.05, 3.63) is 53.3 Å². The molecular weight excluding hydrogens is 358 g/mol. The number of hydrogen-bond donors (Lipinski definition) is 0. The van der Waals surface area contributed by atoms with Gasteiger partial charge in [0.2, 0.25) is 10.0 Å². The summed E-state index contributed by atoms with van der Waals surface area (Å²) >= 11 is 0. The second-order valence-electron chi connectivity index (χ2n) is 7.76. The average molecular weight is 390 g/mol. The molecule has 1 aliphatic carbocycles. The highest BCUT2D eigenvalue weighted by atomic mass is 32.2. The number of hydrogen-bond acceptors (Lipinski definition) is 2. The number of rotatable bonds is 6. The van der Waals surface area contributed by atoms with Gasteiger partial charge >= 0.3 is 0 Å².